The number of carbonyl (C=O) groups is 2. The minimum Gasteiger partial charge on any atom is -0.503 e. The Kier molecular flexibility index (Phi) is 5.48. The molecule has 2 atom stereocenters. The van der Waals surface area contributed by atoms with Crippen LogP contribution >= 0.6 is 0 Å². The summed E-state index contributed by atoms with van der Waals surface area (Å²) in [7, 11) is 0. The highest BCUT2D eigenvalue weighted by Crippen LogP contribution is 2.03. The van der Waals surface area contributed by atoms with Crippen LogP contribution in [-0.4, -0.2) is 38.7 Å². The van der Waals surface area contributed by atoms with Gasteiger partial charge in [-0.25, -0.2) is 4.79 Å². The number of nitrogens with one attached hydrogen (secondary N) is 1. The summed E-state index contributed by atoms with van der Waals surface area (Å²) in [5, 5.41) is 20.7. The van der Waals surface area contributed by atoms with Crippen LogP contribution in [0.4, 0.5) is 0 Å². The number of aliphatic carboxylic acids is 1. The normalized spacial score (nSPS) is 13.7. The summed E-state index contributed by atoms with van der Waals surface area (Å²) < 4.78 is 1.38. The van der Waals surface area contributed by atoms with Gasteiger partial charge >= 0.3 is 5.97 Å². The fraction of sp³-hybridized carbons (Fsp3) is 0.462. The molecule has 0 aromatic carbocycles. The molecule has 1 aromatic heterocycles. The highest BCUT2D eigenvalue weighted by atomic mass is 16.4. The van der Waals surface area contributed by atoms with Gasteiger partial charge in [0.1, 0.15) is 12.1 Å². The zero-order valence-electron chi connectivity index (χ0n) is 11.8. The van der Waals surface area contributed by atoms with Crippen molar-refractivity contribution in [3.8, 4) is 5.75 Å². The van der Waals surface area contributed by atoms with Crippen molar-refractivity contribution in [3.05, 3.63) is 28.7 Å². The second kappa shape index (κ2) is 6.89. The summed E-state index contributed by atoms with van der Waals surface area (Å²) in [6, 6.07) is -0.882. The lowest BCUT2D eigenvalue weighted by atomic mass is 10.0. The van der Waals surface area contributed by atoms with E-state index in [-0.39, 0.29) is 12.5 Å². The van der Waals surface area contributed by atoms with E-state index in [1.807, 2.05) is 0 Å². The van der Waals surface area contributed by atoms with Gasteiger partial charge in [0.25, 0.3) is 0 Å². The Morgan fingerprint density at radius 1 is 1.43 bits per heavy atom. The van der Waals surface area contributed by atoms with Crippen LogP contribution in [0.15, 0.2) is 23.3 Å². The van der Waals surface area contributed by atoms with Crippen molar-refractivity contribution in [2.45, 2.75) is 32.5 Å². The molecule has 0 saturated carbocycles. The molecule has 1 heterocycles. The summed E-state index contributed by atoms with van der Waals surface area (Å²) in [6.45, 7) is 3.35. The number of carbonyl (C=O) groups excluding carboxylic acids is 1. The number of aromatic nitrogens is 1. The highest BCUT2D eigenvalue weighted by molar-refractivity contribution is 5.86. The zero-order valence-corrected chi connectivity index (χ0v) is 11.8. The Bertz CT molecular complexity index is 581. The Hall–Kier alpha value is -2.35. The van der Waals surface area contributed by atoms with Crippen molar-refractivity contribution in [1.29, 1.82) is 0 Å². The second-order valence-electron chi connectivity index (χ2n) is 5.07. The minimum atomic E-state index is -1.13. The second-order valence-corrected chi connectivity index (χ2v) is 5.07. The topological polar surface area (TPSA) is 135 Å². The molecule has 0 fully saturated rings. The fourth-order valence-corrected chi connectivity index (χ4v) is 1.71. The fourth-order valence-electron chi connectivity index (χ4n) is 1.71. The van der Waals surface area contributed by atoms with Gasteiger partial charge in [0, 0.05) is 25.0 Å². The third-order valence-electron chi connectivity index (χ3n) is 2.93. The Balaban J connectivity index is 2.72. The summed E-state index contributed by atoms with van der Waals surface area (Å²) in [5.74, 6) is -2.48. The Morgan fingerprint density at radius 2 is 2.05 bits per heavy atom. The molecule has 0 saturated heterocycles. The number of nitrogens with zero attached hydrogens (tertiary/aromatic N) is 1. The van der Waals surface area contributed by atoms with Gasteiger partial charge < -0.3 is 25.8 Å². The number of aromatic hydroxyl groups is 1. The van der Waals surface area contributed by atoms with E-state index in [0.717, 1.165) is 12.3 Å². The summed E-state index contributed by atoms with van der Waals surface area (Å²) >= 11 is 0. The number of rotatable bonds is 6. The van der Waals surface area contributed by atoms with Crippen LogP contribution < -0.4 is 16.5 Å². The van der Waals surface area contributed by atoms with Gasteiger partial charge in [0.15, 0.2) is 5.75 Å². The maximum absolute atomic E-state index is 11.9. The Morgan fingerprint density at radius 3 is 2.52 bits per heavy atom. The SMILES string of the molecule is CC(C)[C@@H](NC(=O)[C@@H](N)Cn1ccc(=O)c(O)c1)C(=O)O. The number of nitrogens with two attached hydrogens (primary N) is 1. The minimum absolute atomic E-state index is 0.00408. The van der Waals surface area contributed by atoms with Crippen molar-refractivity contribution in [2.24, 2.45) is 11.7 Å². The van der Waals surface area contributed by atoms with E-state index in [1.54, 1.807) is 13.8 Å². The van der Waals surface area contributed by atoms with Crippen LogP contribution in [0.1, 0.15) is 13.8 Å². The van der Waals surface area contributed by atoms with Crippen LogP contribution in [0.5, 0.6) is 5.75 Å². The number of hydrogen-bond acceptors (Lipinski definition) is 5. The van der Waals surface area contributed by atoms with Crippen LogP contribution in [-0.2, 0) is 16.1 Å². The molecule has 21 heavy (non-hydrogen) atoms. The molecule has 1 rings (SSSR count). The molecule has 0 radical (unpaired) electrons. The molecule has 8 nitrogen and oxygen atoms in total. The Labute approximate surface area is 121 Å². The van der Waals surface area contributed by atoms with Crippen molar-refractivity contribution in [2.75, 3.05) is 0 Å². The van der Waals surface area contributed by atoms with Crippen LogP contribution in [0.25, 0.3) is 0 Å². The lowest BCUT2D eigenvalue weighted by Crippen LogP contribution is -2.51. The molecule has 0 unspecified atom stereocenters. The van der Waals surface area contributed by atoms with E-state index < -0.39 is 35.1 Å². The van der Waals surface area contributed by atoms with Gasteiger partial charge in [0.05, 0.1) is 0 Å². The summed E-state index contributed by atoms with van der Waals surface area (Å²) in [4.78, 5) is 33.9. The monoisotopic (exact) mass is 297 g/mol. The van der Waals surface area contributed by atoms with E-state index >= 15 is 0 Å². The summed E-state index contributed by atoms with van der Waals surface area (Å²) in [6.07, 6.45) is 2.54. The lowest BCUT2D eigenvalue weighted by Gasteiger charge is -2.21. The van der Waals surface area contributed by atoms with E-state index in [9.17, 15) is 19.5 Å². The van der Waals surface area contributed by atoms with Crippen LogP contribution in [0.2, 0.25) is 0 Å². The smallest absolute Gasteiger partial charge is 0.326 e. The third kappa shape index (κ3) is 4.60. The van der Waals surface area contributed by atoms with Crippen molar-refractivity contribution < 1.29 is 19.8 Å². The van der Waals surface area contributed by atoms with Gasteiger partial charge in [-0.1, -0.05) is 13.8 Å². The number of hydrogen-bond donors (Lipinski definition) is 4. The van der Waals surface area contributed by atoms with E-state index in [2.05, 4.69) is 5.32 Å². The largest absolute Gasteiger partial charge is 0.503 e. The molecule has 0 aliphatic carbocycles. The van der Waals surface area contributed by atoms with Crippen molar-refractivity contribution in [3.63, 3.8) is 0 Å². The van der Waals surface area contributed by atoms with E-state index in [1.165, 1.54) is 10.8 Å². The third-order valence-corrected chi connectivity index (χ3v) is 2.93. The average Bonchev–Trinajstić information content (AvgIpc) is 2.39. The lowest BCUT2D eigenvalue weighted by molar-refractivity contribution is -0.143. The van der Waals surface area contributed by atoms with Crippen molar-refractivity contribution in [1.82, 2.24) is 9.88 Å². The number of carboxylic acids is 1. The maximum Gasteiger partial charge on any atom is 0.326 e. The number of carboxylic acid groups (broad SMARTS) is 1. The first-order valence-corrected chi connectivity index (χ1v) is 6.40. The molecule has 1 amide bonds. The zero-order chi connectivity index (χ0) is 16.2. The first-order valence-electron chi connectivity index (χ1n) is 6.40. The van der Waals surface area contributed by atoms with Gasteiger partial charge in [-0.3, -0.25) is 9.59 Å². The van der Waals surface area contributed by atoms with Gasteiger partial charge in [0.2, 0.25) is 11.3 Å². The first kappa shape index (κ1) is 16.7. The molecule has 5 N–H and O–H groups in total. The predicted octanol–water partition coefficient (Wildman–Crippen LogP) is -0.893. The molecule has 116 valence electrons. The van der Waals surface area contributed by atoms with Gasteiger partial charge in [-0.05, 0) is 5.92 Å². The molecule has 0 spiro atoms. The van der Waals surface area contributed by atoms with Gasteiger partial charge in [-0.15, -0.1) is 0 Å². The quantitative estimate of drug-likeness (QED) is 0.538. The predicted molar refractivity (Wildman–Crippen MR) is 74.7 cm³/mol. The first-order chi connectivity index (χ1) is 9.72. The molecule has 8 heteroatoms. The molecule has 0 aliphatic heterocycles. The summed E-state index contributed by atoms with van der Waals surface area (Å²) in [5.41, 5.74) is 5.17. The van der Waals surface area contributed by atoms with E-state index in [0.29, 0.717) is 0 Å². The molecular weight excluding hydrogens is 278 g/mol. The van der Waals surface area contributed by atoms with E-state index in [4.69, 9.17) is 10.8 Å². The van der Waals surface area contributed by atoms with Crippen LogP contribution in [0, 0.1) is 5.92 Å². The standard InChI is InChI=1S/C13H19N3O5/c1-7(2)11(13(20)21)15-12(19)8(14)5-16-4-3-9(17)10(18)6-16/h3-4,6-8,11,18H,5,14H2,1-2H3,(H,15,19)(H,20,21)/t8-,11+/m0/s1. The van der Waals surface area contributed by atoms with Crippen LogP contribution in [0.3, 0.4) is 0 Å². The van der Waals surface area contributed by atoms with Gasteiger partial charge in [-0.2, -0.15) is 0 Å². The maximum atomic E-state index is 11.9. The number of pyridine rings is 1. The molecule has 0 aliphatic rings. The average molecular weight is 297 g/mol. The molecule has 0 bridgehead atoms. The highest BCUT2D eigenvalue weighted by Gasteiger charge is 2.25. The molecular formula is C13H19N3O5. The number of amides is 1. The van der Waals surface area contributed by atoms with Crippen molar-refractivity contribution >= 4 is 11.9 Å². The molecule has 1 aromatic rings.